The van der Waals surface area contributed by atoms with Gasteiger partial charge in [-0.2, -0.15) is 0 Å². The topological polar surface area (TPSA) is 38.7 Å². The van der Waals surface area contributed by atoms with Gasteiger partial charge in [0.05, 0.1) is 5.60 Å². The predicted octanol–water partition coefficient (Wildman–Crippen LogP) is 3.10. The molecule has 1 aromatic rings. The van der Waals surface area contributed by atoms with Gasteiger partial charge in [0.25, 0.3) is 0 Å². The van der Waals surface area contributed by atoms with Gasteiger partial charge in [-0.15, -0.1) is 0 Å². The van der Waals surface area contributed by atoms with E-state index in [0.29, 0.717) is 25.0 Å². The fourth-order valence-electron chi connectivity index (χ4n) is 5.67. The zero-order chi connectivity index (χ0) is 14.0. The van der Waals surface area contributed by atoms with Crippen molar-refractivity contribution in [1.29, 1.82) is 0 Å². The summed E-state index contributed by atoms with van der Waals surface area (Å²) < 4.78 is 11.3. The first-order valence-corrected chi connectivity index (χ1v) is 8.36. The van der Waals surface area contributed by atoms with Gasteiger partial charge in [-0.05, 0) is 73.5 Å². The van der Waals surface area contributed by atoms with E-state index in [1.165, 1.54) is 32.1 Å². The summed E-state index contributed by atoms with van der Waals surface area (Å²) in [4.78, 5) is 0. The minimum Gasteiger partial charge on any atom is -0.486 e. The molecule has 3 nitrogen and oxygen atoms in total. The largest absolute Gasteiger partial charge is 0.486 e. The zero-order valence-corrected chi connectivity index (χ0v) is 12.3. The van der Waals surface area contributed by atoms with E-state index in [2.05, 4.69) is 6.07 Å². The molecule has 1 N–H and O–H groups in total. The molecule has 112 valence electrons. The molecule has 1 aromatic carbocycles. The lowest BCUT2D eigenvalue weighted by atomic mass is 9.48. The quantitative estimate of drug-likeness (QED) is 0.862. The van der Waals surface area contributed by atoms with Gasteiger partial charge in [0.1, 0.15) is 13.2 Å². The minimum atomic E-state index is -0.636. The van der Waals surface area contributed by atoms with Crippen molar-refractivity contribution >= 4 is 0 Å². The summed E-state index contributed by atoms with van der Waals surface area (Å²) in [5, 5.41) is 11.6. The molecule has 21 heavy (non-hydrogen) atoms. The molecule has 4 fully saturated rings. The molecule has 0 spiro atoms. The van der Waals surface area contributed by atoms with Crippen molar-refractivity contribution in [2.24, 2.45) is 23.7 Å². The molecule has 0 saturated heterocycles. The SMILES string of the molecule is OC1(c2ccc3c(c2)OCCO3)C2CC3CC(C2)CC1C3. The van der Waals surface area contributed by atoms with Gasteiger partial charge < -0.3 is 14.6 Å². The summed E-state index contributed by atoms with van der Waals surface area (Å²) in [6.07, 6.45) is 6.23. The lowest BCUT2D eigenvalue weighted by Gasteiger charge is -2.59. The molecule has 0 unspecified atom stereocenters. The lowest BCUT2D eigenvalue weighted by molar-refractivity contribution is -0.179. The highest BCUT2D eigenvalue weighted by atomic mass is 16.6. The normalized spacial score (nSPS) is 43.1. The van der Waals surface area contributed by atoms with Crippen molar-refractivity contribution < 1.29 is 14.6 Å². The maximum Gasteiger partial charge on any atom is 0.161 e. The van der Waals surface area contributed by atoms with Crippen LogP contribution in [0.25, 0.3) is 0 Å². The first-order valence-electron chi connectivity index (χ1n) is 8.36. The number of rotatable bonds is 1. The second-order valence-corrected chi connectivity index (χ2v) is 7.49. The number of hydrogen-bond acceptors (Lipinski definition) is 3. The lowest BCUT2D eigenvalue weighted by Crippen LogP contribution is -2.55. The fraction of sp³-hybridized carbons (Fsp3) is 0.667. The van der Waals surface area contributed by atoms with Crippen LogP contribution in [0.1, 0.15) is 37.7 Å². The summed E-state index contributed by atoms with van der Waals surface area (Å²) in [6.45, 7) is 1.22. The maximum absolute atomic E-state index is 11.6. The second-order valence-electron chi connectivity index (χ2n) is 7.49. The van der Waals surface area contributed by atoms with Gasteiger partial charge in [0.2, 0.25) is 0 Å². The Morgan fingerprint density at radius 1 is 0.857 bits per heavy atom. The Hall–Kier alpha value is -1.22. The monoisotopic (exact) mass is 286 g/mol. The van der Waals surface area contributed by atoms with Gasteiger partial charge in [-0.1, -0.05) is 6.07 Å². The Morgan fingerprint density at radius 2 is 1.48 bits per heavy atom. The Labute approximate surface area is 125 Å². The molecule has 0 aromatic heterocycles. The number of benzene rings is 1. The molecule has 4 saturated carbocycles. The summed E-state index contributed by atoms with van der Waals surface area (Å²) in [5.74, 6) is 4.24. The van der Waals surface area contributed by atoms with Crippen LogP contribution in [-0.4, -0.2) is 18.3 Å². The molecule has 0 amide bonds. The van der Waals surface area contributed by atoms with Crippen molar-refractivity contribution in [3.8, 4) is 11.5 Å². The Morgan fingerprint density at radius 3 is 2.14 bits per heavy atom. The molecule has 1 aliphatic heterocycles. The molecular weight excluding hydrogens is 264 g/mol. The third-order valence-corrected chi connectivity index (χ3v) is 6.39. The molecule has 6 rings (SSSR count). The van der Waals surface area contributed by atoms with Crippen molar-refractivity contribution in [2.45, 2.75) is 37.7 Å². The Kier molecular flexibility index (Phi) is 2.44. The molecule has 5 aliphatic rings. The highest BCUT2D eigenvalue weighted by molar-refractivity contribution is 5.46. The average molecular weight is 286 g/mol. The van der Waals surface area contributed by atoms with Crippen molar-refractivity contribution in [3.63, 3.8) is 0 Å². The van der Waals surface area contributed by atoms with Crippen LogP contribution in [0.4, 0.5) is 0 Å². The van der Waals surface area contributed by atoms with Crippen molar-refractivity contribution in [2.75, 3.05) is 13.2 Å². The number of fused-ring (bicyclic) bond motifs is 1. The van der Waals surface area contributed by atoms with Crippen LogP contribution >= 0.6 is 0 Å². The van der Waals surface area contributed by atoms with Crippen molar-refractivity contribution in [3.05, 3.63) is 23.8 Å². The van der Waals surface area contributed by atoms with E-state index >= 15 is 0 Å². The van der Waals surface area contributed by atoms with E-state index in [4.69, 9.17) is 9.47 Å². The van der Waals surface area contributed by atoms with E-state index in [9.17, 15) is 5.11 Å². The summed E-state index contributed by atoms with van der Waals surface area (Å²) >= 11 is 0. The summed E-state index contributed by atoms with van der Waals surface area (Å²) in [5.41, 5.74) is 0.420. The minimum absolute atomic E-state index is 0.441. The number of ether oxygens (including phenoxy) is 2. The summed E-state index contributed by atoms with van der Waals surface area (Å²) in [7, 11) is 0. The van der Waals surface area contributed by atoms with E-state index < -0.39 is 5.60 Å². The second kappa shape index (κ2) is 4.16. The molecule has 4 aliphatic carbocycles. The van der Waals surface area contributed by atoms with Crippen LogP contribution in [-0.2, 0) is 5.60 Å². The molecule has 0 radical (unpaired) electrons. The molecule has 0 atom stereocenters. The molecule has 4 bridgehead atoms. The smallest absolute Gasteiger partial charge is 0.161 e. The molecular formula is C18H22O3. The highest BCUT2D eigenvalue weighted by Gasteiger charge is 2.57. The van der Waals surface area contributed by atoms with Crippen molar-refractivity contribution in [1.82, 2.24) is 0 Å². The third-order valence-electron chi connectivity index (χ3n) is 6.39. The maximum atomic E-state index is 11.6. The third kappa shape index (κ3) is 1.64. The fourth-order valence-corrected chi connectivity index (χ4v) is 5.67. The standard InChI is InChI=1S/C18H22O3/c19-18(13-1-2-16-17(10-13)21-4-3-20-16)14-6-11-5-12(8-14)9-15(18)7-11/h1-2,10-12,14-15,19H,3-9H2. The van der Waals surface area contributed by atoms with Crippen LogP contribution in [0, 0.1) is 23.7 Å². The first-order chi connectivity index (χ1) is 10.2. The van der Waals surface area contributed by atoms with Gasteiger partial charge in [-0.3, -0.25) is 0 Å². The Bertz CT molecular complexity index is 552. The van der Waals surface area contributed by atoms with E-state index in [1.54, 1.807) is 0 Å². The van der Waals surface area contributed by atoms with Crippen LogP contribution in [0.2, 0.25) is 0 Å². The van der Waals surface area contributed by atoms with E-state index in [1.807, 2.05) is 12.1 Å². The van der Waals surface area contributed by atoms with Crippen LogP contribution in [0.3, 0.4) is 0 Å². The van der Waals surface area contributed by atoms with E-state index in [-0.39, 0.29) is 0 Å². The van der Waals surface area contributed by atoms with Crippen LogP contribution in [0.5, 0.6) is 11.5 Å². The van der Waals surface area contributed by atoms with Crippen LogP contribution < -0.4 is 9.47 Å². The van der Waals surface area contributed by atoms with Gasteiger partial charge in [0.15, 0.2) is 11.5 Å². The molecule has 3 heteroatoms. The number of aliphatic hydroxyl groups is 1. The van der Waals surface area contributed by atoms with E-state index in [0.717, 1.165) is 28.9 Å². The predicted molar refractivity (Wildman–Crippen MR) is 78.4 cm³/mol. The zero-order valence-electron chi connectivity index (χ0n) is 12.3. The van der Waals surface area contributed by atoms with Gasteiger partial charge in [-0.25, -0.2) is 0 Å². The highest BCUT2D eigenvalue weighted by Crippen LogP contribution is 2.62. The first kappa shape index (κ1) is 12.3. The van der Waals surface area contributed by atoms with Gasteiger partial charge in [0, 0.05) is 0 Å². The Balaban J connectivity index is 1.57. The molecule has 1 heterocycles. The van der Waals surface area contributed by atoms with Crippen LogP contribution in [0.15, 0.2) is 18.2 Å². The summed E-state index contributed by atoms with van der Waals surface area (Å²) in [6, 6.07) is 6.08. The number of hydrogen-bond donors (Lipinski definition) is 1. The average Bonchev–Trinajstić information content (AvgIpc) is 2.51. The van der Waals surface area contributed by atoms with Gasteiger partial charge >= 0.3 is 0 Å².